The quantitative estimate of drug-likeness (QED) is 0.190. The first kappa shape index (κ1) is 33.1. The van der Waals surface area contributed by atoms with Crippen molar-refractivity contribution in [1.29, 1.82) is 0 Å². The summed E-state index contributed by atoms with van der Waals surface area (Å²) >= 11 is 0. The molecule has 1 unspecified atom stereocenters. The van der Waals surface area contributed by atoms with Crippen molar-refractivity contribution in [2.45, 2.75) is 45.8 Å². The number of pyridine rings is 1. The number of fused-ring (bicyclic) bond motifs is 1. The van der Waals surface area contributed by atoms with E-state index in [-0.39, 0.29) is 11.8 Å². The fraction of sp³-hybridized carbons (Fsp3) is 0.344. The molecule has 43 heavy (non-hydrogen) atoms. The van der Waals surface area contributed by atoms with Gasteiger partial charge in [-0.15, -0.1) is 0 Å². The van der Waals surface area contributed by atoms with Gasteiger partial charge in [0.15, 0.2) is 5.78 Å². The number of alkyl halides is 3. The van der Waals surface area contributed by atoms with Crippen LogP contribution < -0.4 is 10.1 Å². The number of aromatic amines is 1. The van der Waals surface area contributed by atoms with Crippen molar-refractivity contribution in [3.05, 3.63) is 66.5 Å². The summed E-state index contributed by atoms with van der Waals surface area (Å²) in [7, 11) is 4.42. The van der Waals surface area contributed by atoms with Crippen molar-refractivity contribution in [3.63, 3.8) is 0 Å². The molecule has 0 saturated heterocycles. The number of anilines is 1. The van der Waals surface area contributed by atoms with Crippen molar-refractivity contribution in [3.8, 4) is 28.0 Å². The number of nitrogens with zero attached hydrogens (tertiary/aromatic N) is 2. The number of Topliss-reactive ketones (excluding diaryl/α,β-unsaturated/α-hetero) is 1. The third kappa shape index (κ3) is 8.81. The van der Waals surface area contributed by atoms with Crippen molar-refractivity contribution >= 4 is 28.6 Å². The van der Waals surface area contributed by atoms with Gasteiger partial charge in [0.25, 0.3) is 0 Å². The molecule has 0 bridgehead atoms. The number of carbonyl (C=O) groups excluding carboxylic acids is 2. The Kier molecular flexibility index (Phi) is 11.3. The van der Waals surface area contributed by atoms with Crippen LogP contribution in [0, 0.1) is 0 Å². The summed E-state index contributed by atoms with van der Waals surface area (Å²) in [6.07, 6.45) is 0.681. The molecule has 2 heterocycles. The zero-order valence-corrected chi connectivity index (χ0v) is 25.1. The number of ketones is 1. The van der Waals surface area contributed by atoms with Gasteiger partial charge >= 0.3 is 12.3 Å². The lowest BCUT2D eigenvalue weighted by Crippen LogP contribution is -2.37. The summed E-state index contributed by atoms with van der Waals surface area (Å²) in [6.45, 7) is 4.43. The SMILES string of the molecule is CCCC(C)N(C)CC(F)(F)F.COC(=O)Nc1ccc(-c2cnc3[nH]cc(-c4ccccc4OC)c3c2)cc1C(C)=O. The van der Waals surface area contributed by atoms with Gasteiger partial charge in [0.1, 0.15) is 11.4 Å². The second kappa shape index (κ2) is 14.7. The van der Waals surface area contributed by atoms with E-state index < -0.39 is 18.8 Å². The van der Waals surface area contributed by atoms with Crippen LogP contribution in [0.5, 0.6) is 5.75 Å². The third-order valence-corrected chi connectivity index (χ3v) is 6.97. The largest absolute Gasteiger partial charge is 0.496 e. The average molecular weight is 599 g/mol. The first-order valence-electron chi connectivity index (χ1n) is 13.8. The van der Waals surface area contributed by atoms with Gasteiger partial charge in [-0.25, -0.2) is 9.78 Å². The van der Waals surface area contributed by atoms with E-state index in [1.165, 1.54) is 26.0 Å². The lowest BCUT2D eigenvalue weighted by atomic mass is 9.99. The lowest BCUT2D eigenvalue weighted by Gasteiger charge is -2.25. The van der Waals surface area contributed by atoms with Crippen LogP contribution in [0.1, 0.15) is 44.0 Å². The molecule has 0 saturated carbocycles. The molecular weight excluding hydrogens is 561 g/mol. The molecule has 1 atom stereocenters. The molecule has 4 rings (SSSR count). The monoisotopic (exact) mass is 598 g/mol. The van der Waals surface area contributed by atoms with Crippen LogP contribution in [0.4, 0.5) is 23.7 Å². The van der Waals surface area contributed by atoms with E-state index in [1.807, 2.05) is 56.4 Å². The van der Waals surface area contributed by atoms with E-state index in [1.54, 1.807) is 25.4 Å². The van der Waals surface area contributed by atoms with E-state index in [9.17, 15) is 22.8 Å². The first-order chi connectivity index (χ1) is 20.4. The maximum Gasteiger partial charge on any atom is 0.411 e. The number of carbonyl (C=O) groups is 2. The molecule has 1 amide bonds. The summed E-state index contributed by atoms with van der Waals surface area (Å²) in [5.41, 5.74) is 5.11. The van der Waals surface area contributed by atoms with Crippen LogP contribution in [0.2, 0.25) is 0 Å². The number of para-hydroxylation sites is 1. The number of methoxy groups -OCH3 is 2. The summed E-state index contributed by atoms with van der Waals surface area (Å²) < 4.78 is 45.7. The van der Waals surface area contributed by atoms with Gasteiger partial charge in [-0.3, -0.25) is 15.0 Å². The Morgan fingerprint density at radius 2 is 1.79 bits per heavy atom. The van der Waals surface area contributed by atoms with Crippen molar-refractivity contribution in [2.24, 2.45) is 0 Å². The minimum atomic E-state index is -4.07. The van der Waals surface area contributed by atoms with Crippen LogP contribution >= 0.6 is 0 Å². The fourth-order valence-corrected chi connectivity index (χ4v) is 4.61. The molecule has 2 aromatic carbocycles. The molecule has 0 radical (unpaired) electrons. The number of halogens is 3. The Morgan fingerprint density at radius 3 is 2.42 bits per heavy atom. The van der Waals surface area contributed by atoms with E-state index in [0.29, 0.717) is 11.3 Å². The number of ether oxygens (including phenoxy) is 2. The minimum Gasteiger partial charge on any atom is -0.496 e. The highest BCUT2D eigenvalue weighted by atomic mass is 19.4. The average Bonchev–Trinajstić information content (AvgIpc) is 3.40. The third-order valence-electron chi connectivity index (χ3n) is 6.97. The number of benzene rings is 2. The molecule has 0 spiro atoms. The summed E-state index contributed by atoms with van der Waals surface area (Å²) in [5, 5.41) is 3.51. The Balaban J connectivity index is 0.000000359. The van der Waals surface area contributed by atoms with E-state index >= 15 is 0 Å². The molecule has 0 aliphatic carbocycles. The second-order valence-corrected chi connectivity index (χ2v) is 10.1. The van der Waals surface area contributed by atoms with Crippen LogP contribution in [-0.4, -0.2) is 66.8 Å². The van der Waals surface area contributed by atoms with Crippen LogP contribution in [0.3, 0.4) is 0 Å². The topological polar surface area (TPSA) is 96.6 Å². The zero-order chi connectivity index (χ0) is 31.7. The van der Waals surface area contributed by atoms with Gasteiger partial charge in [-0.2, -0.15) is 13.2 Å². The summed E-state index contributed by atoms with van der Waals surface area (Å²) in [6, 6.07) is 15.1. The van der Waals surface area contributed by atoms with E-state index in [0.717, 1.165) is 51.9 Å². The van der Waals surface area contributed by atoms with Gasteiger partial charge in [0.05, 0.1) is 26.5 Å². The standard InChI is InChI=1S/C24H21N3O4.C8H16F3N/c1-14(28)18-10-15(8-9-21(18)27-24(29)31-3)16-11-19-20(13-26-23(19)25-12-16)17-6-4-5-7-22(17)30-2;1-4-5-7(2)12(3)6-8(9,10)11/h4-13H,1-3H3,(H,25,26)(H,27,29);7H,4-6H2,1-3H3. The molecule has 4 aromatic rings. The van der Waals surface area contributed by atoms with Gasteiger partial charge < -0.3 is 14.5 Å². The normalized spacial score (nSPS) is 12.0. The number of nitrogens with one attached hydrogen (secondary N) is 2. The molecule has 8 nitrogen and oxygen atoms in total. The van der Waals surface area contributed by atoms with Gasteiger partial charge in [0.2, 0.25) is 0 Å². The first-order valence-corrected chi connectivity index (χ1v) is 13.8. The molecule has 2 N–H and O–H groups in total. The van der Waals surface area contributed by atoms with Gasteiger partial charge in [-0.1, -0.05) is 37.6 Å². The summed E-state index contributed by atoms with van der Waals surface area (Å²) in [5.74, 6) is 0.601. The highest BCUT2D eigenvalue weighted by Gasteiger charge is 2.30. The van der Waals surface area contributed by atoms with Crippen molar-refractivity contribution in [1.82, 2.24) is 14.9 Å². The van der Waals surface area contributed by atoms with E-state index in [4.69, 9.17) is 4.74 Å². The van der Waals surface area contributed by atoms with Crippen LogP contribution in [0.25, 0.3) is 33.3 Å². The Hall–Kier alpha value is -4.38. The van der Waals surface area contributed by atoms with Crippen molar-refractivity contribution in [2.75, 3.05) is 33.1 Å². The van der Waals surface area contributed by atoms with E-state index in [2.05, 4.69) is 20.0 Å². The van der Waals surface area contributed by atoms with Gasteiger partial charge in [-0.05, 0) is 57.1 Å². The molecule has 0 aliphatic heterocycles. The highest BCUT2D eigenvalue weighted by molar-refractivity contribution is 6.04. The smallest absolute Gasteiger partial charge is 0.411 e. The molecule has 11 heteroatoms. The number of H-pyrrole nitrogens is 1. The van der Waals surface area contributed by atoms with Crippen molar-refractivity contribution < 1.29 is 32.2 Å². The molecule has 0 aliphatic rings. The maximum absolute atomic E-state index is 12.2. The summed E-state index contributed by atoms with van der Waals surface area (Å²) in [4.78, 5) is 32.8. The highest BCUT2D eigenvalue weighted by Crippen LogP contribution is 2.36. The zero-order valence-electron chi connectivity index (χ0n) is 25.1. The fourth-order valence-electron chi connectivity index (χ4n) is 4.61. The lowest BCUT2D eigenvalue weighted by molar-refractivity contribution is -0.147. The molecule has 0 fully saturated rings. The number of amides is 1. The molecule has 230 valence electrons. The number of hydrogen-bond acceptors (Lipinski definition) is 6. The Labute approximate surface area is 249 Å². The maximum atomic E-state index is 12.2. The predicted octanol–water partition coefficient (Wildman–Crippen LogP) is 7.96. The predicted molar refractivity (Wildman–Crippen MR) is 163 cm³/mol. The van der Waals surface area contributed by atoms with Crippen LogP contribution in [0.15, 0.2) is 60.9 Å². The number of hydrogen-bond donors (Lipinski definition) is 2. The Morgan fingerprint density at radius 1 is 1.07 bits per heavy atom. The Bertz CT molecular complexity index is 1550. The number of aromatic nitrogens is 2. The molecular formula is C32H37F3N4O4. The molecule has 2 aromatic heterocycles. The van der Waals surface area contributed by atoms with Gasteiger partial charge in [0, 0.05) is 46.1 Å². The minimum absolute atomic E-state index is 0.0108. The van der Waals surface area contributed by atoms with Crippen LogP contribution in [-0.2, 0) is 4.74 Å². The second-order valence-electron chi connectivity index (χ2n) is 10.1. The number of rotatable bonds is 9.